The highest BCUT2D eigenvalue weighted by atomic mass is 16.2. The van der Waals surface area contributed by atoms with Crippen LogP contribution in [-0.4, -0.2) is 22.4 Å². The van der Waals surface area contributed by atoms with Crippen LogP contribution in [0.15, 0.2) is 60.0 Å². The van der Waals surface area contributed by atoms with E-state index >= 15 is 0 Å². The number of amides is 1. The van der Waals surface area contributed by atoms with Crippen molar-refractivity contribution in [1.82, 2.24) is 10.4 Å². The second-order valence-electron chi connectivity index (χ2n) is 5.21. The zero-order chi connectivity index (χ0) is 16.5. The molecule has 1 aromatic heterocycles. The Morgan fingerprint density at radius 2 is 1.91 bits per heavy atom. The van der Waals surface area contributed by atoms with E-state index in [0.717, 1.165) is 5.56 Å². The molecular formula is C18H19N3O2. The largest absolute Gasteiger partial charge is 0.294 e. The van der Waals surface area contributed by atoms with Crippen LogP contribution >= 0.6 is 0 Å². The molecule has 0 unspecified atom stereocenters. The van der Waals surface area contributed by atoms with E-state index < -0.39 is 0 Å². The standard InChI is InChI=1S/C18H19N3O2/c1-14(12-17(22)16-8-5-11-19-13-16)20-21-18(23)10-9-15-6-3-2-4-7-15/h2-8,11,13H,9-10,12H2,1H3,(H,21,23). The molecule has 2 aromatic rings. The minimum absolute atomic E-state index is 0.0714. The lowest BCUT2D eigenvalue weighted by molar-refractivity contribution is -0.121. The smallest absolute Gasteiger partial charge is 0.240 e. The third kappa shape index (κ3) is 5.82. The molecule has 0 aliphatic rings. The highest BCUT2D eigenvalue weighted by Crippen LogP contribution is 2.03. The zero-order valence-corrected chi connectivity index (χ0v) is 13.0. The summed E-state index contributed by atoms with van der Waals surface area (Å²) in [5.41, 5.74) is 4.70. The molecule has 1 amide bonds. The second-order valence-corrected chi connectivity index (χ2v) is 5.21. The van der Waals surface area contributed by atoms with Crippen molar-refractivity contribution in [2.24, 2.45) is 5.10 Å². The predicted octanol–water partition coefficient (Wildman–Crippen LogP) is 2.78. The molecule has 0 aliphatic heterocycles. The number of ketones is 1. The number of nitrogens with zero attached hydrogens (tertiary/aromatic N) is 2. The highest BCUT2D eigenvalue weighted by Gasteiger charge is 2.08. The number of hydrogen-bond acceptors (Lipinski definition) is 4. The molecule has 0 atom stereocenters. The van der Waals surface area contributed by atoms with Crippen molar-refractivity contribution in [1.29, 1.82) is 0 Å². The molecule has 0 fully saturated rings. The fourth-order valence-electron chi connectivity index (χ4n) is 2.02. The van der Waals surface area contributed by atoms with Crippen molar-refractivity contribution >= 4 is 17.4 Å². The molecule has 1 heterocycles. The first-order valence-electron chi connectivity index (χ1n) is 7.44. The van der Waals surface area contributed by atoms with Gasteiger partial charge in [-0.3, -0.25) is 14.6 Å². The quantitative estimate of drug-likeness (QED) is 0.485. The SMILES string of the molecule is CC(CC(=O)c1cccnc1)=NNC(=O)CCc1ccccc1. The van der Waals surface area contributed by atoms with E-state index in [4.69, 9.17) is 0 Å². The van der Waals surface area contributed by atoms with Gasteiger partial charge in [-0.25, -0.2) is 5.43 Å². The van der Waals surface area contributed by atoms with E-state index in [1.54, 1.807) is 25.3 Å². The van der Waals surface area contributed by atoms with Crippen LogP contribution in [0, 0.1) is 0 Å². The Bertz CT molecular complexity index is 682. The summed E-state index contributed by atoms with van der Waals surface area (Å²) in [4.78, 5) is 27.7. The third-order valence-corrected chi connectivity index (χ3v) is 3.25. The van der Waals surface area contributed by atoms with Crippen LogP contribution < -0.4 is 5.43 Å². The maximum Gasteiger partial charge on any atom is 0.240 e. The third-order valence-electron chi connectivity index (χ3n) is 3.25. The van der Waals surface area contributed by atoms with Crippen LogP contribution in [0.1, 0.15) is 35.7 Å². The molecule has 0 saturated heterocycles. The maximum atomic E-state index is 12.0. The Labute approximate surface area is 135 Å². The fraction of sp³-hybridized carbons (Fsp3) is 0.222. The molecule has 2 rings (SSSR count). The maximum absolute atomic E-state index is 12.0. The van der Waals surface area contributed by atoms with Gasteiger partial charge in [0.2, 0.25) is 5.91 Å². The Hall–Kier alpha value is -2.82. The molecule has 0 spiro atoms. The molecule has 0 bridgehead atoms. The van der Waals surface area contributed by atoms with Gasteiger partial charge in [0, 0.05) is 30.1 Å². The molecule has 5 nitrogen and oxygen atoms in total. The molecule has 1 aromatic carbocycles. The van der Waals surface area contributed by atoms with Gasteiger partial charge in [-0.15, -0.1) is 0 Å². The number of carbonyl (C=O) groups is 2. The summed E-state index contributed by atoms with van der Waals surface area (Å²) in [5.74, 6) is -0.236. The first-order valence-corrected chi connectivity index (χ1v) is 7.44. The Kier molecular flexibility index (Phi) is 6.17. The number of aryl methyl sites for hydroxylation is 1. The number of hydrazone groups is 1. The molecule has 1 N–H and O–H groups in total. The first kappa shape index (κ1) is 16.5. The molecule has 5 heteroatoms. The number of pyridine rings is 1. The van der Waals surface area contributed by atoms with Gasteiger partial charge in [0.1, 0.15) is 0 Å². The minimum Gasteiger partial charge on any atom is -0.294 e. The lowest BCUT2D eigenvalue weighted by atomic mass is 10.1. The van der Waals surface area contributed by atoms with Gasteiger partial charge < -0.3 is 0 Å². The van der Waals surface area contributed by atoms with Crippen LogP contribution in [0.3, 0.4) is 0 Å². The average Bonchev–Trinajstić information content (AvgIpc) is 2.60. The first-order chi connectivity index (χ1) is 11.1. The Morgan fingerprint density at radius 3 is 2.61 bits per heavy atom. The number of rotatable bonds is 7. The summed E-state index contributed by atoms with van der Waals surface area (Å²) < 4.78 is 0. The van der Waals surface area contributed by atoms with E-state index in [2.05, 4.69) is 15.5 Å². The van der Waals surface area contributed by atoms with Gasteiger partial charge in [-0.05, 0) is 31.0 Å². The van der Waals surface area contributed by atoms with E-state index in [1.807, 2.05) is 30.3 Å². The van der Waals surface area contributed by atoms with E-state index in [-0.39, 0.29) is 18.1 Å². The summed E-state index contributed by atoms with van der Waals surface area (Å²) in [5, 5.41) is 3.98. The average molecular weight is 309 g/mol. The number of nitrogens with one attached hydrogen (secondary N) is 1. The summed E-state index contributed by atoms with van der Waals surface area (Å²) >= 11 is 0. The zero-order valence-electron chi connectivity index (χ0n) is 13.0. The van der Waals surface area contributed by atoms with Crippen LogP contribution in [-0.2, 0) is 11.2 Å². The Morgan fingerprint density at radius 1 is 1.13 bits per heavy atom. The lowest BCUT2D eigenvalue weighted by Crippen LogP contribution is -2.20. The van der Waals surface area contributed by atoms with Crippen LogP contribution in [0.2, 0.25) is 0 Å². The fourth-order valence-corrected chi connectivity index (χ4v) is 2.02. The van der Waals surface area contributed by atoms with Crippen molar-refractivity contribution in [3.63, 3.8) is 0 Å². The second kappa shape index (κ2) is 8.58. The van der Waals surface area contributed by atoms with E-state index in [1.165, 1.54) is 6.20 Å². The van der Waals surface area contributed by atoms with Crippen molar-refractivity contribution in [2.75, 3.05) is 0 Å². The van der Waals surface area contributed by atoms with Crippen LogP contribution in [0.4, 0.5) is 0 Å². The van der Waals surface area contributed by atoms with Crippen molar-refractivity contribution in [2.45, 2.75) is 26.2 Å². The molecule has 0 saturated carbocycles. The normalized spacial score (nSPS) is 11.1. The van der Waals surface area contributed by atoms with Gasteiger partial charge in [0.15, 0.2) is 5.78 Å². The summed E-state index contributed by atoms with van der Waals surface area (Å²) in [6.45, 7) is 1.71. The monoisotopic (exact) mass is 309 g/mol. The van der Waals surface area contributed by atoms with Gasteiger partial charge in [-0.1, -0.05) is 30.3 Å². The van der Waals surface area contributed by atoms with Crippen molar-refractivity contribution in [3.05, 3.63) is 66.0 Å². The lowest BCUT2D eigenvalue weighted by Gasteiger charge is -2.03. The van der Waals surface area contributed by atoms with Crippen LogP contribution in [0.25, 0.3) is 0 Å². The molecule has 0 radical (unpaired) electrons. The number of benzene rings is 1. The molecular weight excluding hydrogens is 290 g/mol. The molecule has 23 heavy (non-hydrogen) atoms. The van der Waals surface area contributed by atoms with Crippen molar-refractivity contribution in [3.8, 4) is 0 Å². The van der Waals surface area contributed by atoms with Crippen LogP contribution in [0.5, 0.6) is 0 Å². The highest BCUT2D eigenvalue weighted by molar-refractivity contribution is 6.08. The van der Waals surface area contributed by atoms with Gasteiger partial charge in [0.25, 0.3) is 0 Å². The van der Waals surface area contributed by atoms with Gasteiger partial charge in [-0.2, -0.15) is 5.10 Å². The number of aromatic nitrogens is 1. The number of carbonyl (C=O) groups excluding carboxylic acids is 2. The number of hydrogen-bond donors (Lipinski definition) is 1. The predicted molar refractivity (Wildman–Crippen MR) is 89.2 cm³/mol. The Balaban J connectivity index is 1.77. The van der Waals surface area contributed by atoms with E-state index in [0.29, 0.717) is 24.1 Å². The molecule has 118 valence electrons. The summed E-state index contributed by atoms with van der Waals surface area (Å²) in [6.07, 6.45) is 4.32. The topological polar surface area (TPSA) is 71.4 Å². The van der Waals surface area contributed by atoms with E-state index in [9.17, 15) is 9.59 Å². The number of Topliss-reactive ketones (excluding diaryl/α,β-unsaturated/α-hetero) is 1. The van der Waals surface area contributed by atoms with Crippen molar-refractivity contribution < 1.29 is 9.59 Å². The van der Waals surface area contributed by atoms with Gasteiger partial charge >= 0.3 is 0 Å². The summed E-state index contributed by atoms with van der Waals surface area (Å²) in [7, 11) is 0. The minimum atomic E-state index is -0.165. The summed E-state index contributed by atoms with van der Waals surface area (Å²) in [6, 6.07) is 13.2. The van der Waals surface area contributed by atoms with Gasteiger partial charge in [0.05, 0.1) is 6.42 Å². The molecule has 0 aliphatic carbocycles.